The van der Waals surface area contributed by atoms with Crippen molar-refractivity contribution in [2.75, 3.05) is 6.54 Å². The molecule has 1 unspecified atom stereocenters. The molecule has 1 N–H and O–H groups in total. The van der Waals surface area contributed by atoms with Crippen LogP contribution in [0.2, 0.25) is 0 Å². The number of rotatable bonds is 5. The molecule has 1 saturated carbocycles. The molecule has 1 aromatic carbocycles. The van der Waals surface area contributed by atoms with Gasteiger partial charge in [-0.1, -0.05) is 37.3 Å². The summed E-state index contributed by atoms with van der Waals surface area (Å²) < 4.78 is 0. The Kier molecular flexibility index (Phi) is 3.81. The van der Waals surface area contributed by atoms with E-state index in [4.69, 9.17) is 0 Å². The van der Waals surface area contributed by atoms with E-state index >= 15 is 0 Å². The van der Waals surface area contributed by atoms with Crippen molar-refractivity contribution in [3.8, 4) is 6.07 Å². The van der Waals surface area contributed by atoms with E-state index in [1.54, 1.807) is 0 Å². The van der Waals surface area contributed by atoms with E-state index in [1.165, 1.54) is 25.7 Å². The third-order valence-electron chi connectivity index (χ3n) is 4.03. The second-order valence-electron chi connectivity index (χ2n) is 4.96. The van der Waals surface area contributed by atoms with E-state index in [2.05, 4.69) is 18.3 Å². The normalized spacial score (nSPS) is 19.1. The van der Waals surface area contributed by atoms with Gasteiger partial charge in [0.15, 0.2) is 0 Å². The molecule has 1 fully saturated rings. The SMILES string of the molecule is CCC1(NCC(C#N)c2ccccc2)CCC1. The fraction of sp³-hybridized carbons (Fsp3) is 0.533. The first kappa shape index (κ1) is 12.1. The third kappa shape index (κ3) is 2.68. The van der Waals surface area contributed by atoms with Crippen molar-refractivity contribution in [1.29, 1.82) is 5.26 Å². The van der Waals surface area contributed by atoms with Crippen molar-refractivity contribution in [2.45, 2.75) is 44.1 Å². The van der Waals surface area contributed by atoms with E-state index in [1.807, 2.05) is 30.3 Å². The van der Waals surface area contributed by atoms with Crippen molar-refractivity contribution in [3.05, 3.63) is 35.9 Å². The summed E-state index contributed by atoms with van der Waals surface area (Å²) in [6, 6.07) is 12.5. The molecule has 17 heavy (non-hydrogen) atoms. The molecule has 1 aliphatic carbocycles. The summed E-state index contributed by atoms with van der Waals surface area (Å²) in [7, 11) is 0. The molecule has 1 aromatic rings. The Hall–Kier alpha value is -1.33. The van der Waals surface area contributed by atoms with E-state index in [0.29, 0.717) is 5.54 Å². The monoisotopic (exact) mass is 228 g/mol. The molecule has 0 amide bonds. The van der Waals surface area contributed by atoms with Gasteiger partial charge in [0.2, 0.25) is 0 Å². The minimum absolute atomic E-state index is 0.0276. The van der Waals surface area contributed by atoms with Crippen molar-refractivity contribution in [2.24, 2.45) is 0 Å². The molecule has 0 aromatic heterocycles. The lowest BCUT2D eigenvalue weighted by molar-refractivity contribution is 0.177. The Morgan fingerprint density at radius 1 is 1.35 bits per heavy atom. The lowest BCUT2D eigenvalue weighted by Gasteiger charge is -2.42. The van der Waals surface area contributed by atoms with Crippen LogP contribution in [0.4, 0.5) is 0 Å². The average Bonchev–Trinajstić information content (AvgIpc) is 2.34. The molecule has 0 spiro atoms. The zero-order valence-electron chi connectivity index (χ0n) is 10.4. The van der Waals surface area contributed by atoms with Gasteiger partial charge in [-0.3, -0.25) is 0 Å². The largest absolute Gasteiger partial charge is 0.310 e. The molecular formula is C15H20N2. The van der Waals surface area contributed by atoms with Gasteiger partial charge in [0.25, 0.3) is 0 Å². The maximum atomic E-state index is 9.25. The van der Waals surface area contributed by atoms with Gasteiger partial charge in [-0.05, 0) is 31.2 Å². The fourth-order valence-corrected chi connectivity index (χ4v) is 2.50. The maximum Gasteiger partial charge on any atom is 0.0837 e. The van der Waals surface area contributed by atoms with Gasteiger partial charge >= 0.3 is 0 Å². The van der Waals surface area contributed by atoms with Gasteiger partial charge in [-0.15, -0.1) is 0 Å². The number of nitrogens with zero attached hydrogens (tertiary/aromatic N) is 1. The molecule has 2 heteroatoms. The highest BCUT2D eigenvalue weighted by Gasteiger charge is 2.34. The molecule has 0 heterocycles. The first-order valence-electron chi connectivity index (χ1n) is 6.49. The molecule has 0 bridgehead atoms. The molecule has 1 aliphatic rings. The second kappa shape index (κ2) is 5.33. The summed E-state index contributed by atoms with van der Waals surface area (Å²) in [5, 5.41) is 12.9. The van der Waals surface area contributed by atoms with Crippen LogP contribution in [0.3, 0.4) is 0 Å². The van der Waals surface area contributed by atoms with Gasteiger partial charge in [0, 0.05) is 12.1 Å². The number of benzene rings is 1. The third-order valence-corrected chi connectivity index (χ3v) is 4.03. The highest BCUT2D eigenvalue weighted by Crippen LogP contribution is 2.35. The Balaban J connectivity index is 1.95. The van der Waals surface area contributed by atoms with E-state index in [0.717, 1.165) is 12.1 Å². The van der Waals surface area contributed by atoms with Crippen LogP contribution in [0.5, 0.6) is 0 Å². The quantitative estimate of drug-likeness (QED) is 0.840. The van der Waals surface area contributed by atoms with Crippen LogP contribution in [-0.4, -0.2) is 12.1 Å². The number of hydrogen-bond donors (Lipinski definition) is 1. The van der Waals surface area contributed by atoms with Gasteiger partial charge in [0.05, 0.1) is 12.0 Å². The molecule has 0 saturated heterocycles. The van der Waals surface area contributed by atoms with Crippen LogP contribution in [0.25, 0.3) is 0 Å². The van der Waals surface area contributed by atoms with Crippen molar-refractivity contribution < 1.29 is 0 Å². The van der Waals surface area contributed by atoms with Gasteiger partial charge in [-0.2, -0.15) is 5.26 Å². The summed E-state index contributed by atoms with van der Waals surface area (Å²) in [6.07, 6.45) is 5.01. The average molecular weight is 228 g/mol. The van der Waals surface area contributed by atoms with Crippen LogP contribution in [0.1, 0.15) is 44.1 Å². The van der Waals surface area contributed by atoms with Crippen molar-refractivity contribution in [3.63, 3.8) is 0 Å². The van der Waals surface area contributed by atoms with E-state index in [9.17, 15) is 5.26 Å². The molecule has 0 aliphatic heterocycles. The van der Waals surface area contributed by atoms with Crippen LogP contribution in [-0.2, 0) is 0 Å². The van der Waals surface area contributed by atoms with Crippen LogP contribution < -0.4 is 5.32 Å². The molecule has 1 atom stereocenters. The first-order valence-corrected chi connectivity index (χ1v) is 6.49. The Bertz CT molecular complexity index is 382. The highest BCUT2D eigenvalue weighted by molar-refractivity contribution is 5.25. The predicted molar refractivity (Wildman–Crippen MR) is 69.7 cm³/mol. The predicted octanol–water partition coefficient (Wildman–Crippen LogP) is 3.22. The lowest BCUT2D eigenvalue weighted by Crippen LogP contribution is -2.51. The smallest absolute Gasteiger partial charge is 0.0837 e. The maximum absolute atomic E-state index is 9.25. The van der Waals surface area contributed by atoms with Crippen LogP contribution in [0.15, 0.2) is 30.3 Å². The number of hydrogen-bond acceptors (Lipinski definition) is 2. The van der Waals surface area contributed by atoms with E-state index < -0.39 is 0 Å². The van der Waals surface area contributed by atoms with Crippen LogP contribution >= 0.6 is 0 Å². The van der Waals surface area contributed by atoms with Gasteiger partial charge in [0.1, 0.15) is 0 Å². The van der Waals surface area contributed by atoms with Crippen molar-refractivity contribution in [1.82, 2.24) is 5.32 Å². The molecule has 90 valence electrons. The zero-order chi connectivity index (χ0) is 12.1. The van der Waals surface area contributed by atoms with Gasteiger partial charge < -0.3 is 5.32 Å². The Morgan fingerprint density at radius 3 is 2.53 bits per heavy atom. The lowest BCUT2D eigenvalue weighted by atomic mass is 9.74. The number of nitriles is 1. The first-order chi connectivity index (χ1) is 8.29. The zero-order valence-corrected chi connectivity index (χ0v) is 10.4. The molecular weight excluding hydrogens is 208 g/mol. The summed E-state index contributed by atoms with van der Waals surface area (Å²) in [4.78, 5) is 0. The van der Waals surface area contributed by atoms with Gasteiger partial charge in [-0.25, -0.2) is 0 Å². The Labute approximate surface area is 104 Å². The van der Waals surface area contributed by atoms with Crippen molar-refractivity contribution >= 4 is 0 Å². The minimum atomic E-state index is -0.0276. The summed E-state index contributed by atoms with van der Waals surface area (Å²) in [5.74, 6) is -0.0276. The summed E-state index contributed by atoms with van der Waals surface area (Å²) in [6.45, 7) is 3.00. The van der Waals surface area contributed by atoms with Crippen LogP contribution in [0, 0.1) is 11.3 Å². The summed E-state index contributed by atoms with van der Waals surface area (Å²) in [5.41, 5.74) is 1.44. The number of nitrogens with one attached hydrogen (secondary N) is 1. The molecule has 2 rings (SSSR count). The summed E-state index contributed by atoms with van der Waals surface area (Å²) >= 11 is 0. The second-order valence-corrected chi connectivity index (χ2v) is 4.96. The standard InChI is InChI=1S/C15H20N2/c1-2-15(9-6-10-15)17-12-14(11-16)13-7-4-3-5-8-13/h3-5,7-8,14,17H,2,6,9-10,12H2,1H3. The highest BCUT2D eigenvalue weighted by atomic mass is 15.0. The topological polar surface area (TPSA) is 35.8 Å². The minimum Gasteiger partial charge on any atom is -0.310 e. The Morgan fingerprint density at radius 2 is 2.06 bits per heavy atom. The van der Waals surface area contributed by atoms with E-state index in [-0.39, 0.29) is 5.92 Å². The fourth-order valence-electron chi connectivity index (χ4n) is 2.50. The molecule has 2 nitrogen and oxygen atoms in total. The molecule has 0 radical (unpaired) electrons.